The molecule has 3 rings (SSSR count). The first-order valence-electron chi connectivity index (χ1n) is 8.79. The Balaban J connectivity index is 1.67. The minimum Gasteiger partial charge on any atom is -0.396 e. The number of aliphatic hydroxyl groups excluding tert-OH is 1. The Morgan fingerprint density at radius 2 is 1.96 bits per heavy atom. The van der Waals surface area contributed by atoms with Crippen LogP contribution in [-0.4, -0.2) is 42.2 Å². The van der Waals surface area contributed by atoms with Crippen molar-refractivity contribution in [2.24, 2.45) is 5.92 Å². The molecule has 0 saturated carbocycles. The van der Waals surface area contributed by atoms with Crippen molar-refractivity contribution in [3.63, 3.8) is 0 Å². The van der Waals surface area contributed by atoms with E-state index < -0.39 is 0 Å². The topological polar surface area (TPSA) is 52.6 Å². The fourth-order valence-corrected chi connectivity index (χ4v) is 4.36. The summed E-state index contributed by atoms with van der Waals surface area (Å²) in [6.07, 6.45) is 5.83. The van der Waals surface area contributed by atoms with Crippen molar-refractivity contribution in [1.29, 1.82) is 0 Å². The number of hydrogen-bond acceptors (Lipinski definition) is 4. The van der Waals surface area contributed by atoms with Crippen molar-refractivity contribution in [1.82, 2.24) is 0 Å². The number of benzene rings is 1. The highest BCUT2D eigenvalue weighted by Gasteiger charge is 2.20. The summed E-state index contributed by atoms with van der Waals surface area (Å²) in [6, 6.07) is 8.02. The number of hydrogen-bond donors (Lipinski definition) is 2. The molecule has 4 nitrogen and oxygen atoms in total. The lowest BCUT2D eigenvalue weighted by atomic mass is 9.97. The number of carbonyl (C=O) groups excluding carboxylic acids is 1. The molecule has 1 aromatic carbocycles. The van der Waals surface area contributed by atoms with Crippen molar-refractivity contribution in [3.05, 3.63) is 35.9 Å². The molecule has 2 fully saturated rings. The number of nitrogens with one attached hydrogen (secondary N) is 1. The molecule has 2 saturated heterocycles. The SMILES string of the molecule is O=C(C=C1CCSCC1)Nc1ccccc1N1CCC(CO)CC1. The number of allylic oxidation sites excluding steroid dienone is 1. The van der Waals surface area contributed by atoms with Gasteiger partial charge in [0.1, 0.15) is 0 Å². The molecule has 130 valence electrons. The first kappa shape index (κ1) is 17.4. The maximum Gasteiger partial charge on any atom is 0.248 e. The van der Waals surface area contributed by atoms with Gasteiger partial charge in [-0.15, -0.1) is 0 Å². The van der Waals surface area contributed by atoms with Crippen molar-refractivity contribution in [3.8, 4) is 0 Å². The van der Waals surface area contributed by atoms with Crippen LogP contribution in [0.15, 0.2) is 35.9 Å². The Labute approximate surface area is 148 Å². The number of amides is 1. The lowest BCUT2D eigenvalue weighted by molar-refractivity contribution is -0.112. The molecule has 0 radical (unpaired) electrons. The summed E-state index contributed by atoms with van der Waals surface area (Å²) in [4.78, 5) is 14.7. The minimum absolute atomic E-state index is 0.0189. The maximum atomic E-state index is 12.4. The van der Waals surface area contributed by atoms with E-state index in [0.29, 0.717) is 5.92 Å². The average molecular weight is 346 g/mol. The molecule has 1 amide bonds. The van der Waals surface area contributed by atoms with Gasteiger partial charge in [0.2, 0.25) is 5.91 Å². The van der Waals surface area contributed by atoms with Gasteiger partial charge in [0, 0.05) is 25.8 Å². The molecule has 0 atom stereocenters. The molecule has 0 aromatic heterocycles. The molecular formula is C19H26N2O2S. The van der Waals surface area contributed by atoms with E-state index in [-0.39, 0.29) is 12.5 Å². The van der Waals surface area contributed by atoms with Crippen LogP contribution in [0.25, 0.3) is 0 Å². The maximum absolute atomic E-state index is 12.4. The van der Waals surface area contributed by atoms with E-state index in [1.807, 2.05) is 30.0 Å². The van der Waals surface area contributed by atoms with Gasteiger partial charge in [-0.3, -0.25) is 4.79 Å². The van der Waals surface area contributed by atoms with Crippen LogP contribution < -0.4 is 10.2 Å². The van der Waals surface area contributed by atoms with E-state index in [0.717, 1.165) is 61.7 Å². The Morgan fingerprint density at radius 3 is 2.67 bits per heavy atom. The molecule has 0 spiro atoms. The van der Waals surface area contributed by atoms with E-state index in [9.17, 15) is 9.90 Å². The number of rotatable bonds is 4. The Kier molecular flexibility index (Phi) is 6.21. The number of thioether (sulfide) groups is 1. The molecule has 1 aromatic rings. The Morgan fingerprint density at radius 1 is 1.25 bits per heavy atom. The summed E-state index contributed by atoms with van der Waals surface area (Å²) >= 11 is 1.96. The van der Waals surface area contributed by atoms with Crippen LogP contribution in [0, 0.1) is 5.92 Å². The van der Waals surface area contributed by atoms with Crippen LogP contribution in [-0.2, 0) is 4.79 Å². The Hall–Kier alpha value is -1.46. The summed E-state index contributed by atoms with van der Waals surface area (Å²) in [5.41, 5.74) is 3.22. The van der Waals surface area contributed by atoms with Crippen molar-refractivity contribution in [2.45, 2.75) is 25.7 Å². The number of para-hydroxylation sites is 2. The first-order valence-corrected chi connectivity index (χ1v) is 9.95. The van der Waals surface area contributed by atoms with E-state index in [1.54, 1.807) is 6.08 Å². The third-order valence-electron chi connectivity index (χ3n) is 4.85. The predicted octanol–water partition coefficient (Wildman–Crippen LogP) is 3.29. The Bertz CT molecular complexity index is 587. The molecule has 2 aliphatic rings. The quantitative estimate of drug-likeness (QED) is 0.822. The summed E-state index contributed by atoms with van der Waals surface area (Å²) in [7, 11) is 0. The highest BCUT2D eigenvalue weighted by atomic mass is 32.2. The fraction of sp³-hybridized carbons (Fsp3) is 0.526. The number of carbonyl (C=O) groups is 1. The second kappa shape index (κ2) is 8.58. The lowest BCUT2D eigenvalue weighted by Crippen LogP contribution is -2.35. The molecule has 2 heterocycles. The minimum atomic E-state index is -0.0189. The summed E-state index contributed by atoms with van der Waals surface area (Å²) in [5, 5.41) is 12.4. The summed E-state index contributed by atoms with van der Waals surface area (Å²) in [6.45, 7) is 2.13. The third kappa shape index (κ3) is 4.54. The second-order valence-corrected chi connectivity index (χ2v) is 7.76. The highest BCUT2D eigenvalue weighted by molar-refractivity contribution is 7.99. The first-order chi connectivity index (χ1) is 11.8. The molecule has 0 unspecified atom stereocenters. The smallest absolute Gasteiger partial charge is 0.248 e. The van der Waals surface area contributed by atoms with Crippen molar-refractivity contribution >= 4 is 29.0 Å². The van der Waals surface area contributed by atoms with Gasteiger partial charge >= 0.3 is 0 Å². The van der Waals surface area contributed by atoms with Crippen LogP contribution in [0.3, 0.4) is 0 Å². The zero-order valence-corrected chi connectivity index (χ0v) is 14.9. The van der Waals surface area contributed by atoms with Crippen molar-refractivity contribution in [2.75, 3.05) is 41.4 Å². The van der Waals surface area contributed by atoms with Gasteiger partial charge in [-0.1, -0.05) is 17.7 Å². The van der Waals surface area contributed by atoms with Crippen LogP contribution in [0.4, 0.5) is 11.4 Å². The molecule has 0 bridgehead atoms. The van der Waals surface area contributed by atoms with E-state index in [2.05, 4.69) is 16.3 Å². The fourth-order valence-electron chi connectivity index (χ4n) is 3.34. The van der Waals surface area contributed by atoms with E-state index >= 15 is 0 Å². The van der Waals surface area contributed by atoms with Crippen LogP contribution >= 0.6 is 11.8 Å². The largest absolute Gasteiger partial charge is 0.396 e. The number of piperidine rings is 1. The molecule has 5 heteroatoms. The second-order valence-electron chi connectivity index (χ2n) is 6.53. The zero-order chi connectivity index (χ0) is 16.8. The van der Waals surface area contributed by atoms with E-state index in [4.69, 9.17) is 0 Å². The monoisotopic (exact) mass is 346 g/mol. The molecule has 24 heavy (non-hydrogen) atoms. The molecule has 0 aliphatic carbocycles. The lowest BCUT2D eigenvalue weighted by Gasteiger charge is -2.34. The van der Waals surface area contributed by atoms with E-state index in [1.165, 1.54) is 5.57 Å². The van der Waals surface area contributed by atoms with Gasteiger partial charge in [0.05, 0.1) is 11.4 Å². The van der Waals surface area contributed by atoms with Gasteiger partial charge < -0.3 is 15.3 Å². The van der Waals surface area contributed by atoms with Gasteiger partial charge in [-0.2, -0.15) is 11.8 Å². The van der Waals surface area contributed by atoms with Crippen LogP contribution in [0.5, 0.6) is 0 Å². The van der Waals surface area contributed by atoms with Gasteiger partial charge in [-0.05, 0) is 55.2 Å². The molecule has 2 N–H and O–H groups in total. The highest BCUT2D eigenvalue weighted by Crippen LogP contribution is 2.30. The number of nitrogens with zero attached hydrogens (tertiary/aromatic N) is 1. The van der Waals surface area contributed by atoms with Crippen LogP contribution in [0.1, 0.15) is 25.7 Å². The van der Waals surface area contributed by atoms with Gasteiger partial charge in [0.25, 0.3) is 0 Å². The third-order valence-corrected chi connectivity index (χ3v) is 5.83. The predicted molar refractivity (Wildman–Crippen MR) is 102 cm³/mol. The summed E-state index contributed by atoms with van der Waals surface area (Å²) < 4.78 is 0. The number of aliphatic hydroxyl groups is 1. The van der Waals surface area contributed by atoms with Gasteiger partial charge in [-0.25, -0.2) is 0 Å². The molecular weight excluding hydrogens is 320 g/mol. The van der Waals surface area contributed by atoms with Crippen LogP contribution in [0.2, 0.25) is 0 Å². The average Bonchev–Trinajstić information content (AvgIpc) is 2.63. The molecule has 2 aliphatic heterocycles. The number of anilines is 2. The zero-order valence-electron chi connectivity index (χ0n) is 14.0. The van der Waals surface area contributed by atoms with Crippen molar-refractivity contribution < 1.29 is 9.90 Å². The normalized spacial score (nSPS) is 19.2. The standard InChI is InChI=1S/C19H26N2O2S/c22-14-16-5-9-21(10-6-16)18-4-2-1-3-17(18)20-19(23)13-15-7-11-24-12-8-15/h1-4,13,16,22H,5-12,14H2,(H,20,23). The van der Waals surface area contributed by atoms with Gasteiger partial charge in [0.15, 0.2) is 0 Å². The summed E-state index contributed by atoms with van der Waals surface area (Å²) in [5.74, 6) is 2.64.